The first-order chi connectivity index (χ1) is 10.2. The molecule has 0 saturated carbocycles. The van der Waals surface area contributed by atoms with Crippen LogP contribution < -0.4 is 10.1 Å². The maximum absolute atomic E-state index is 5.28. The normalized spacial score (nSPS) is 12.1. The summed E-state index contributed by atoms with van der Waals surface area (Å²) in [6, 6.07) is 10.8. The highest BCUT2D eigenvalue weighted by Gasteiger charge is 2.11. The van der Waals surface area contributed by atoms with Crippen molar-refractivity contribution in [1.29, 1.82) is 0 Å². The summed E-state index contributed by atoms with van der Waals surface area (Å²) in [7, 11) is 1.69. The number of hydrogen-bond donors (Lipinski definition) is 1. The zero-order valence-corrected chi connectivity index (χ0v) is 14.1. The van der Waals surface area contributed by atoms with Crippen LogP contribution in [-0.4, -0.2) is 24.7 Å². The Labute approximate surface area is 134 Å². The van der Waals surface area contributed by atoms with Gasteiger partial charge in [0.2, 0.25) is 0 Å². The molecule has 0 radical (unpaired) electrons. The smallest absolute Gasteiger partial charge is 0.133 e. The minimum Gasteiger partial charge on any atom is -0.496 e. The molecule has 0 bridgehead atoms. The largest absolute Gasteiger partial charge is 0.496 e. The molecule has 0 spiro atoms. The molecule has 1 aromatic heterocycles. The van der Waals surface area contributed by atoms with Crippen molar-refractivity contribution in [3.8, 4) is 5.75 Å². The van der Waals surface area contributed by atoms with Gasteiger partial charge < -0.3 is 10.1 Å². The van der Waals surface area contributed by atoms with Crippen LogP contribution in [0, 0.1) is 0 Å². The fourth-order valence-corrected chi connectivity index (χ4v) is 3.02. The topological polar surface area (TPSA) is 34.2 Å². The lowest BCUT2D eigenvalue weighted by Crippen LogP contribution is -2.33. The Balaban J connectivity index is 2.07. The number of methoxy groups -OCH3 is 1. The van der Waals surface area contributed by atoms with Crippen molar-refractivity contribution in [3.63, 3.8) is 0 Å². The lowest BCUT2D eigenvalue weighted by atomic mass is 9.99. The van der Waals surface area contributed by atoms with Gasteiger partial charge in [-0.1, -0.05) is 13.0 Å². The summed E-state index contributed by atoms with van der Waals surface area (Å²) < 4.78 is 6.28. The van der Waals surface area contributed by atoms with Crippen molar-refractivity contribution in [3.05, 3.63) is 58.3 Å². The Kier molecular flexibility index (Phi) is 6.21. The molecule has 0 amide bonds. The monoisotopic (exact) mass is 348 g/mol. The molecule has 0 aliphatic carbocycles. The molecule has 112 valence electrons. The first-order valence-electron chi connectivity index (χ1n) is 7.17. The van der Waals surface area contributed by atoms with Gasteiger partial charge in [0.1, 0.15) is 5.75 Å². The van der Waals surface area contributed by atoms with Gasteiger partial charge >= 0.3 is 0 Å². The van der Waals surface area contributed by atoms with E-state index < -0.39 is 0 Å². The molecule has 21 heavy (non-hydrogen) atoms. The fraction of sp³-hybridized carbons (Fsp3) is 0.353. The molecule has 3 nitrogen and oxygen atoms in total. The third-order valence-corrected chi connectivity index (χ3v) is 4.04. The third kappa shape index (κ3) is 4.83. The first kappa shape index (κ1) is 16.0. The van der Waals surface area contributed by atoms with Crippen LogP contribution in [0.5, 0.6) is 5.75 Å². The predicted molar refractivity (Wildman–Crippen MR) is 89.8 cm³/mol. The Hall–Kier alpha value is -1.39. The molecular formula is C17H21BrN2O. The van der Waals surface area contributed by atoms with Gasteiger partial charge in [0.15, 0.2) is 0 Å². The average molecular weight is 349 g/mol. The second-order valence-corrected chi connectivity index (χ2v) is 5.84. The van der Waals surface area contributed by atoms with Crippen LogP contribution in [0.1, 0.15) is 18.1 Å². The van der Waals surface area contributed by atoms with Crippen molar-refractivity contribution in [2.45, 2.75) is 25.8 Å². The van der Waals surface area contributed by atoms with E-state index in [0.717, 1.165) is 29.6 Å². The van der Waals surface area contributed by atoms with Crippen LogP contribution in [0.4, 0.5) is 0 Å². The molecule has 1 heterocycles. The maximum Gasteiger partial charge on any atom is 0.133 e. The summed E-state index contributed by atoms with van der Waals surface area (Å²) in [6.07, 6.45) is 5.68. The van der Waals surface area contributed by atoms with E-state index in [-0.39, 0.29) is 0 Å². The van der Waals surface area contributed by atoms with Gasteiger partial charge in [0, 0.05) is 18.4 Å². The van der Waals surface area contributed by atoms with E-state index in [1.807, 2.05) is 18.5 Å². The lowest BCUT2D eigenvalue weighted by molar-refractivity contribution is 0.411. The van der Waals surface area contributed by atoms with Crippen LogP contribution in [0.2, 0.25) is 0 Å². The van der Waals surface area contributed by atoms with Crippen molar-refractivity contribution < 1.29 is 4.74 Å². The summed E-state index contributed by atoms with van der Waals surface area (Å²) in [5.74, 6) is 0.868. The van der Waals surface area contributed by atoms with E-state index in [1.165, 1.54) is 11.1 Å². The minimum absolute atomic E-state index is 0.415. The molecule has 1 unspecified atom stereocenters. The number of likely N-dealkylation sites (N-methyl/N-ethyl adjacent to an activating group) is 1. The molecule has 4 heteroatoms. The molecule has 2 aromatic rings. The zero-order chi connectivity index (χ0) is 15.1. The van der Waals surface area contributed by atoms with Gasteiger partial charge in [-0.05, 0) is 70.7 Å². The molecule has 0 saturated heterocycles. The van der Waals surface area contributed by atoms with E-state index in [0.29, 0.717) is 6.04 Å². The average Bonchev–Trinajstić information content (AvgIpc) is 2.49. The van der Waals surface area contributed by atoms with Gasteiger partial charge in [-0.2, -0.15) is 0 Å². The number of halogens is 1. The fourth-order valence-electron chi connectivity index (χ4n) is 2.43. The van der Waals surface area contributed by atoms with Crippen molar-refractivity contribution >= 4 is 15.9 Å². The Morgan fingerprint density at radius 1 is 1.14 bits per heavy atom. The number of nitrogens with one attached hydrogen (secondary N) is 1. The van der Waals surface area contributed by atoms with E-state index >= 15 is 0 Å². The highest BCUT2D eigenvalue weighted by molar-refractivity contribution is 9.10. The minimum atomic E-state index is 0.415. The van der Waals surface area contributed by atoms with Crippen LogP contribution in [0.15, 0.2) is 47.2 Å². The highest BCUT2D eigenvalue weighted by Crippen LogP contribution is 2.26. The Morgan fingerprint density at radius 3 is 2.48 bits per heavy atom. The summed E-state index contributed by atoms with van der Waals surface area (Å²) >= 11 is 3.55. The van der Waals surface area contributed by atoms with Crippen molar-refractivity contribution in [2.75, 3.05) is 13.7 Å². The van der Waals surface area contributed by atoms with Gasteiger partial charge in [0.05, 0.1) is 11.6 Å². The number of ether oxygens (including phenoxy) is 1. The van der Waals surface area contributed by atoms with Gasteiger partial charge in [-0.25, -0.2) is 0 Å². The van der Waals surface area contributed by atoms with Crippen LogP contribution in [0.25, 0.3) is 0 Å². The summed E-state index contributed by atoms with van der Waals surface area (Å²) in [6.45, 7) is 3.11. The molecule has 1 atom stereocenters. The molecule has 0 aliphatic heterocycles. The van der Waals surface area contributed by atoms with Gasteiger partial charge in [-0.15, -0.1) is 0 Å². The van der Waals surface area contributed by atoms with Crippen molar-refractivity contribution in [1.82, 2.24) is 10.3 Å². The quantitative estimate of drug-likeness (QED) is 0.829. The van der Waals surface area contributed by atoms with Crippen molar-refractivity contribution in [2.24, 2.45) is 0 Å². The summed E-state index contributed by atoms with van der Waals surface area (Å²) in [5, 5.41) is 3.56. The number of pyridine rings is 1. The standard InChI is InChI=1S/C17H21BrN2O/c1-3-20-15(10-13-6-8-19-9-7-13)11-14-4-5-17(21-2)16(18)12-14/h4-9,12,15,20H,3,10-11H2,1-2H3. The molecule has 1 N–H and O–H groups in total. The summed E-state index contributed by atoms with van der Waals surface area (Å²) in [4.78, 5) is 4.07. The van der Waals surface area contributed by atoms with E-state index in [9.17, 15) is 0 Å². The zero-order valence-electron chi connectivity index (χ0n) is 12.5. The highest BCUT2D eigenvalue weighted by atomic mass is 79.9. The van der Waals surface area contributed by atoms with E-state index in [1.54, 1.807) is 7.11 Å². The van der Waals surface area contributed by atoms with E-state index in [4.69, 9.17) is 4.74 Å². The van der Waals surface area contributed by atoms with Crippen LogP contribution >= 0.6 is 15.9 Å². The van der Waals surface area contributed by atoms with Gasteiger partial charge in [0.25, 0.3) is 0 Å². The van der Waals surface area contributed by atoms with E-state index in [2.05, 4.69) is 57.4 Å². The molecule has 2 rings (SSSR count). The lowest BCUT2D eigenvalue weighted by Gasteiger charge is -2.18. The number of aromatic nitrogens is 1. The molecule has 0 fully saturated rings. The predicted octanol–water partition coefficient (Wildman–Crippen LogP) is 3.62. The maximum atomic E-state index is 5.28. The molecule has 1 aromatic carbocycles. The number of rotatable bonds is 7. The Bertz CT molecular complexity index is 560. The molecule has 0 aliphatic rings. The second kappa shape index (κ2) is 8.15. The number of hydrogen-bond acceptors (Lipinski definition) is 3. The number of benzene rings is 1. The number of nitrogens with zero attached hydrogens (tertiary/aromatic N) is 1. The van der Waals surface area contributed by atoms with Crippen LogP contribution in [-0.2, 0) is 12.8 Å². The second-order valence-electron chi connectivity index (χ2n) is 4.99. The SMILES string of the molecule is CCNC(Cc1ccncc1)Cc1ccc(OC)c(Br)c1. The summed E-state index contributed by atoms with van der Waals surface area (Å²) in [5.41, 5.74) is 2.60. The van der Waals surface area contributed by atoms with Gasteiger partial charge in [-0.3, -0.25) is 4.98 Å². The van der Waals surface area contributed by atoms with Crippen LogP contribution in [0.3, 0.4) is 0 Å². The molecular weight excluding hydrogens is 328 g/mol. The third-order valence-electron chi connectivity index (χ3n) is 3.42. The Morgan fingerprint density at radius 2 is 1.86 bits per heavy atom. The first-order valence-corrected chi connectivity index (χ1v) is 7.97.